The molecule has 0 saturated carbocycles. The first-order valence-corrected chi connectivity index (χ1v) is 7.80. The summed E-state index contributed by atoms with van der Waals surface area (Å²) in [4.78, 5) is 22.3. The van der Waals surface area contributed by atoms with Crippen molar-refractivity contribution in [1.82, 2.24) is 10.2 Å². The molecule has 3 aromatic rings. The van der Waals surface area contributed by atoms with Gasteiger partial charge in [-0.15, -0.1) is 10.2 Å². The van der Waals surface area contributed by atoms with E-state index in [4.69, 9.17) is 9.15 Å². The Bertz CT molecular complexity index is 932. The number of hydrogen-bond donors (Lipinski definition) is 0. The van der Waals surface area contributed by atoms with Crippen LogP contribution < -0.4 is 0 Å². The van der Waals surface area contributed by atoms with Crippen LogP contribution in [0.4, 0.5) is 5.69 Å². The zero-order valence-corrected chi connectivity index (χ0v) is 14.1. The highest BCUT2D eigenvalue weighted by molar-refractivity contribution is 5.89. The molecule has 132 valence electrons. The molecule has 0 bridgehead atoms. The number of carbonyl (C=O) groups excluding carboxylic acids is 1. The van der Waals surface area contributed by atoms with Crippen LogP contribution in [0.25, 0.3) is 11.5 Å². The number of carbonyl (C=O) groups is 1. The van der Waals surface area contributed by atoms with Gasteiger partial charge in [0.2, 0.25) is 5.89 Å². The maximum atomic E-state index is 12.1. The first-order valence-electron chi connectivity index (χ1n) is 7.80. The van der Waals surface area contributed by atoms with E-state index < -0.39 is 17.0 Å². The van der Waals surface area contributed by atoms with Crippen molar-refractivity contribution in [3.8, 4) is 11.5 Å². The fraction of sp³-hybridized carbons (Fsp3) is 0.167. The molecule has 2 aromatic carbocycles. The summed E-state index contributed by atoms with van der Waals surface area (Å²) in [6.45, 7) is 3.55. The molecule has 0 aliphatic carbocycles. The van der Waals surface area contributed by atoms with Gasteiger partial charge in [-0.05, 0) is 38.1 Å². The lowest BCUT2D eigenvalue weighted by Crippen LogP contribution is -2.09. The average Bonchev–Trinajstić information content (AvgIpc) is 3.12. The monoisotopic (exact) mass is 353 g/mol. The second-order valence-electron chi connectivity index (χ2n) is 5.66. The molecule has 26 heavy (non-hydrogen) atoms. The van der Waals surface area contributed by atoms with Crippen LogP contribution in [-0.4, -0.2) is 21.1 Å². The number of nitro groups is 1. The predicted octanol–water partition coefficient (Wildman–Crippen LogP) is 3.87. The standard InChI is InChI=1S/C18H15N3O5/c1-11-3-5-14(6-4-11)18(22)25-12(2)16-19-20-17(26-16)13-7-9-15(10-8-13)21(23)24/h3-10,12H,1-2H3/t12-/m0/s1. The van der Waals surface area contributed by atoms with Gasteiger partial charge >= 0.3 is 5.97 Å². The molecule has 0 aliphatic heterocycles. The smallest absolute Gasteiger partial charge is 0.338 e. The lowest BCUT2D eigenvalue weighted by molar-refractivity contribution is -0.384. The summed E-state index contributed by atoms with van der Waals surface area (Å²) in [5.74, 6) is -0.167. The van der Waals surface area contributed by atoms with Gasteiger partial charge in [-0.3, -0.25) is 10.1 Å². The van der Waals surface area contributed by atoms with Crippen LogP contribution in [0.15, 0.2) is 52.9 Å². The summed E-state index contributed by atoms with van der Waals surface area (Å²) in [5.41, 5.74) is 1.97. The van der Waals surface area contributed by atoms with E-state index in [1.54, 1.807) is 19.1 Å². The SMILES string of the molecule is Cc1ccc(C(=O)O[C@@H](C)c2nnc(-c3ccc([N+](=O)[O-])cc3)o2)cc1. The maximum absolute atomic E-state index is 12.1. The first kappa shape index (κ1) is 17.3. The van der Waals surface area contributed by atoms with Crippen molar-refractivity contribution >= 4 is 11.7 Å². The Morgan fingerprint density at radius 3 is 2.38 bits per heavy atom. The molecule has 1 aromatic heterocycles. The van der Waals surface area contributed by atoms with E-state index >= 15 is 0 Å². The molecule has 1 atom stereocenters. The number of aromatic nitrogens is 2. The largest absolute Gasteiger partial charge is 0.449 e. The van der Waals surface area contributed by atoms with Crippen molar-refractivity contribution in [1.29, 1.82) is 0 Å². The lowest BCUT2D eigenvalue weighted by atomic mass is 10.1. The van der Waals surface area contributed by atoms with Crippen molar-refractivity contribution in [2.24, 2.45) is 0 Å². The summed E-state index contributed by atoms with van der Waals surface area (Å²) >= 11 is 0. The quantitative estimate of drug-likeness (QED) is 0.389. The van der Waals surface area contributed by atoms with Crippen LogP contribution >= 0.6 is 0 Å². The number of non-ortho nitro benzene ring substituents is 1. The zero-order valence-electron chi connectivity index (χ0n) is 14.1. The molecule has 0 amide bonds. The van der Waals surface area contributed by atoms with Gasteiger partial charge in [-0.25, -0.2) is 4.79 Å². The minimum Gasteiger partial charge on any atom is -0.449 e. The summed E-state index contributed by atoms with van der Waals surface area (Å²) in [6, 6.07) is 12.7. The Hall–Kier alpha value is -3.55. The number of rotatable bonds is 5. The molecule has 0 unspecified atom stereocenters. The van der Waals surface area contributed by atoms with E-state index in [1.807, 2.05) is 19.1 Å². The molecule has 0 aliphatic rings. The minimum atomic E-state index is -0.733. The third kappa shape index (κ3) is 3.75. The highest BCUT2D eigenvalue weighted by atomic mass is 16.6. The van der Waals surface area contributed by atoms with Gasteiger partial charge in [-0.1, -0.05) is 17.7 Å². The molecule has 0 radical (unpaired) electrons. The second kappa shape index (κ2) is 7.14. The van der Waals surface area contributed by atoms with Crippen LogP contribution in [0, 0.1) is 17.0 Å². The Kier molecular flexibility index (Phi) is 4.74. The van der Waals surface area contributed by atoms with Crippen LogP contribution in [0.2, 0.25) is 0 Å². The summed E-state index contributed by atoms with van der Waals surface area (Å²) in [7, 11) is 0. The fourth-order valence-electron chi connectivity index (χ4n) is 2.21. The molecule has 8 nitrogen and oxygen atoms in total. The van der Waals surface area contributed by atoms with Crippen LogP contribution in [0.5, 0.6) is 0 Å². The Balaban J connectivity index is 1.71. The molecule has 0 saturated heterocycles. The molecule has 8 heteroatoms. The summed E-state index contributed by atoms with van der Waals surface area (Å²) in [5, 5.41) is 18.5. The molecular formula is C18H15N3O5. The number of aryl methyl sites for hydroxylation is 1. The highest BCUT2D eigenvalue weighted by Gasteiger charge is 2.20. The second-order valence-corrected chi connectivity index (χ2v) is 5.66. The van der Waals surface area contributed by atoms with Gasteiger partial charge < -0.3 is 9.15 Å². The number of ether oxygens (including phenoxy) is 1. The Morgan fingerprint density at radius 2 is 1.77 bits per heavy atom. The number of benzene rings is 2. The van der Waals surface area contributed by atoms with Gasteiger partial charge in [-0.2, -0.15) is 0 Å². The third-order valence-electron chi connectivity index (χ3n) is 3.68. The molecule has 0 spiro atoms. The molecular weight excluding hydrogens is 338 g/mol. The van der Waals surface area contributed by atoms with Crippen LogP contribution in [-0.2, 0) is 4.74 Å². The molecule has 0 fully saturated rings. The predicted molar refractivity (Wildman–Crippen MR) is 91.4 cm³/mol. The van der Waals surface area contributed by atoms with E-state index in [0.717, 1.165) is 5.56 Å². The van der Waals surface area contributed by atoms with Gasteiger partial charge in [0.15, 0.2) is 6.10 Å². The summed E-state index contributed by atoms with van der Waals surface area (Å²) < 4.78 is 10.9. The van der Waals surface area contributed by atoms with Crippen molar-refractivity contribution in [2.45, 2.75) is 20.0 Å². The van der Waals surface area contributed by atoms with E-state index in [-0.39, 0.29) is 17.5 Å². The number of hydrogen-bond acceptors (Lipinski definition) is 7. The minimum absolute atomic E-state index is 0.0334. The van der Waals surface area contributed by atoms with Crippen molar-refractivity contribution in [2.75, 3.05) is 0 Å². The lowest BCUT2D eigenvalue weighted by Gasteiger charge is -2.09. The van der Waals surface area contributed by atoms with E-state index in [0.29, 0.717) is 11.1 Å². The molecule has 1 heterocycles. The Morgan fingerprint density at radius 1 is 1.12 bits per heavy atom. The summed E-state index contributed by atoms with van der Waals surface area (Å²) in [6.07, 6.45) is -0.733. The zero-order chi connectivity index (χ0) is 18.7. The topological polar surface area (TPSA) is 108 Å². The van der Waals surface area contributed by atoms with Gasteiger partial charge in [0.1, 0.15) is 0 Å². The maximum Gasteiger partial charge on any atom is 0.338 e. The van der Waals surface area contributed by atoms with Gasteiger partial charge in [0.05, 0.1) is 10.5 Å². The normalized spacial score (nSPS) is 11.8. The van der Waals surface area contributed by atoms with Crippen molar-refractivity contribution in [3.63, 3.8) is 0 Å². The van der Waals surface area contributed by atoms with E-state index in [1.165, 1.54) is 24.3 Å². The molecule has 3 rings (SSSR count). The number of esters is 1. The van der Waals surface area contributed by atoms with Gasteiger partial charge in [0, 0.05) is 17.7 Å². The number of nitro benzene ring substituents is 1. The van der Waals surface area contributed by atoms with E-state index in [2.05, 4.69) is 10.2 Å². The highest BCUT2D eigenvalue weighted by Crippen LogP contribution is 2.24. The fourth-order valence-corrected chi connectivity index (χ4v) is 2.21. The van der Waals surface area contributed by atoms with Crippen molar-refractivity contribution < 1.29 is 18.9 Å². The number of nitrogens with zero attached hydrogens (tertiary/aromatic N) is 3. The van der Waals surface area contributed by atoms with Crippen LogP contribution in [0.1, 0.15) is 34.8 Å². The third-order valence-corrected chi connectivity index (χ3v) is 3.68. The van der Waals surface area contributed by atoms with Gasteiger partial charge in [0.25, 0.3) is 11.6 Å². The Labute approximate surface area is 148 Å². The average molecular weight is 353 g/mol. The molecule has 0 N–H and O–H groups in total. The van der Waals surface area contributed by atoms with Crippen LogP contribution in [0.3, 0.4) is 0 Å². The van der Waals surface area contributed by atoms with Crippen molar-refractivity contribution in [3.05, 3.63) is 75.7 Å². The van der Waals surface area contributed by atoms with E-state index in [9.17, 15) is 14.9 Å². The first-order chi connectivity index (χ1) is 12.4.